The highest BCUT2D eigenvalue weighted by atomic mass is 31.2. The van der Waals surface area contributed by atoms with Gasteiger partial charge in [0.1, 0.15) is 19.8 Å². The smallest absolute Gasteiger partial charge is 0.462 e. The van der Waals surface area contributed by atoms with Gasteiger partial charge in [-0.25, -0.2) is 4.57 Å². The number of quaternary nitrogens is 1. The Bertz CT molecular complexity index is 1360. The molecule has 2 unspecified atom stereocenters. The van der Waals surface area contributed by atoms with Gasteiger partial charge in [0.2, 0.25) is 0 Å². The zero-order chi connectivity index (χ0) is 54.9. The molecule has 0 aromatic heterocycles. The van der Waals surface area contributed by atoms with Gasteiger partial charge in [-0.05, 0) is 51.4 Å². The highest BCUT2D eigenvalue weighted by Crippen LogP contribution is 2.43. The number of phosphoric ester groups is 1. The first-order valence-electron chi connectivity index (χ1n) is 32.2. The lowest BCUT2D eigenvalue weighted by Gasteiger charge is -2.24. The van der Waals surface area contributed by atoms with E-state index in [0.29, 0.717) is 23.9 Å². The quantitative estimate of drug-likeness (QED) is 0.0211. The summed E-state index contributed by atoms with van der Waals surface area (Å²) in [6.45, 7) is 4.44. The third-order valence-electron chi connectivity index (χ3n) is 14.4. The van der Waals surface area contributed by atoms with Crippen LogP contribution in [0.3, 0.4) is 0 Å². The third-order valence-corrected chi connectivity index (χ3v) is 15.4. The number of hydrogen-bond donors (Lipinski definition) is 1. The fourth-order valence-electron chi connectivity index (χ4n) is 9.44. The average molecular weight is 1080 g/mol. The molecule has 0 aliphatic heterocycles. The zero-order valence-electron chi connectivity index (χ0n) is 50.3. The number of nitrogens with zero attached hydrogens (tertiary/aromatic N) is 1. The maximum absolute atomic E-state index is 12.8. The van der Waals surface area contributed by atoms with Crippen molar-refractivity contribution in [3.05, 3.63) is 36.5 Å². The Morgan fingerprint density at radius 1 is 0.413 bits per heavy atom. The van der Waals surface area contributed by atoms with E-state index in [1.807, 2.05) is 21.1 Å². The van der Waals surface area contributed by atoms with Crippen molar-refractivity contribution in [3.8, 4) is 0 Å². The van der Waals surface area contributed by atoms with Crippen LogP contribution in [0.25, 0.3) is 0 Å². The van der Waals surface area contributed by atoms with E-state index >= 15 is 0 Å². The van der Waals surface area contributed by atoms with E-state index in [4.69, 9.17) is 18.5 Å². The van der Waals surface area contributed by atoms with E-state index in [0.717, 1.165) is 70.6 Å². The molecular formula is C65H125NO8P+. The van der Waals surface area contributed by atoms with E-state index < -0.39 is 26.5 Å². The van der Waals surface area contributed by atoms with E-state index in [2.05, 4.69) is 50.3 Å². The number of likely N-dealkylation sites (N-methyl/N-ethyl adjacent to an activating group) is 1. The molecule has 0 spiro atoms. The van der Waals surface area contributed by atoms with Crippen molar-refractivity contribution >= 4 is 19.8 Å². The molecule has 1 N–H and O–H groups in total. The summed E-state index contributed by atoms with van der Waals surface area (Å²) in [5.41, 5.74) is 0. The molecule has 0 aliphatic carbocycles. The van der Waals surface area contributed by atoms with Gasteiger partial charge in [-0.1, -0.05) is 288 Å². The maximum Gasteiger partial charge on any atom is 0.472 e. The highest BCUT2D eigenvalue weighted by molar-refractivity contribution is 7.47. The van der Waals surface area contributed by atoms with E-state index in [1.54, 1.807) is 0 Å². The first-order chi connectivity index (χ1) is 36.5. The topological polar surface area (TPSA) is 108 Å². The van der Waals surface area contributed by atoms with Gasteiger partial charge in [-0.15, -0.1) is 0 Å². The lowest BCUT2D eigenvalue weighted by Crippen LogP contribution is -2.37. The van der Waals surface area contributed by atoms with Gasteiger partial charge in [-0.2, -0.15) is 0 Å². The van der Waals surface area contributed by atoms with Crippen LogP contribution >= 0.6 is 7.82 Å². The molecule has 0 fully saturated rings. The van der Waals surface area contributed by atoms with Gasteiger partial charge in [0, 0.05) is 12.8 Å². The van der Waals surface area contributed by atoms with Gasteiger partial charge >= 0.3 is 19.8 Å². The Labute approximate surface area is 465 Å². The third kappa shape index (κ3) is 61.3. The molecule has 75 heavy (non-hydrogen) atoms. The first kappa shape index (κ1) is 73.2. The van der Waals surface area contributed by atoms with Crippen LogP contribution in [-0.2, 0) is 32.7 Å². The van der Waals surface area contributed by atoms with Crippen molar-refractivity contribution in [1.82, 2.24) is 0 Å². The fourth-order valence-corrected chi connectivity index (χ4v) is 10.2. The molecule has 442 valence electrons. The summed E-state index contributed by atoms with van der Waals surface area (Å²) in [5.74, 6) is -0.798. The second-order valence-electron chi connectivity index (χ2n) is 23.2. The molecule has 0 rings (SSSR count). The summed E-state index contributed by atoms with van der Waals surface area (Å²) < 4.78 is 34.6. The maximum atomic E-state index is 12.8. The lowest BCUT2D eigenvalue weighted by molar-refractivity contribution is -0.870. The summed E-state index contributed by atoms with van der Waals surface area (Å²) in [4.78, 5) is 35.7. The van der Waals surface area contributed by atoms with Crippen LogP contribution in [0.5, 0.6) is 0 Å². The molecule has 0 radical (unpaired) electrons. The summed E-state index contributed by atoms with van der Waals surface area (Å²) in [7, 11) is 1.48. The Morgan fingerprint density at radius 3 is 1.09 bits per heavy atom. The summed E-state index contributed by atoms with van der Waals surface area (Å²) in [5, 5.41) is 0. The number of hydrogen-bond acceptors (Lipinski definition) is 7. The fraction of sp³-hybridized carbons (Fsp3) is 0.877. The van der Waals surface area contributed by atoms with E-state index in [-0.39, 0.29) is 25.6 Å². The number of rotatable bonds is 60. The van der Waals surface area contributed by atoms with Crippen molar-refractivity contribution in [2.45, 2.75) is 322 Å². The summed E-state index contributed by atoms with van der Waals surface area (Å²) in [6.07, 6.45) is 71.0. The Kier molecular flexibility index (Phi) is 55.6. The van der Waals surface area contributed by atoms with Gasteiger partial charge in [0.25, 0.3) is 0 Å². The van der Waals surface area contributed by atoms with Crippen LogP contribution < -0.4 is 0 Å². The molecular weight excluding hydrogens is 954 g/mol. The number of carbonyl (C=O) groups excluding carboxylic acids is 2. The molecule has 0 aromatic carbocycles. The van der Waals surface area contributed by atoms with Crippen LogP contribution in [0, 0.1) is 0 Å². The molecule has 10 heteroatoms. The van der Waals surface area contributed by atoms with Crippen molar-refractivity contribution < 1.29 is 42.1 Å². The van der Waals surface area contributed by atoms with Crippen molar-refractivity contribution in [3.63, 3.8) is 0 Å². The van der Waals surface area contributed by atoms with Crippen LogP contribution in [0.2, 0.25) is 0 Å². The molecule has 0 aromatic rings. The highest BCUT2D eigenvalue weighted by Gasteiger charge is 2.27. The average Bonchev–Trinajstić information content (AvgIpc) is 3.37. The molecule has 0 amide bonds. The van der Waals surface area contributed by atoms with Gasteiger partial charge in [0.15, 0.2) is 6.10 Å². The normalized spacial score (nSPS) is 13.4. The predicted molar refractivity (Wildman–Crippen MR) is 321 cm³/mol. The van der Waals surface area contributed by atoms with Crippen molar-refractivity contribution in [2.24, 2.45) is 0 Å². The number of phosphoric acid groups is 1. The van der Waals surface area contributed by atoms with Gasteiger partial charge in [0.05, 0.1) is 27.7 Å². The van der Waals surface area contributed by atoms with E-state index in [1.165, 1.54) is 212 Å². The molecule has 9 nitrogen and oxygen atoms in total. The van der Waals surface area contributed by atoms with Gasteiger partial charge < -0.3 is 18.9 Å². The minimum Gasteiger partial charge on any atom is -0.462 e. The lowest BCUT2D eigenvalue weighted by atomic mass is 10.0. The van der Waals surface area contributed by atoms with Crippen LogP contribution in [-0.4, -0.2) is 74.9 Å². The standard InChI is InChI=1S/C65H124NO8P/c1-6-8-10-12-14-16-18-20-22-24-26-27-28-29-30-31-32-33-34-35-36-37-38-40-41-43-45-47-49-51-53-55-57-64(67)71-61-63(62-73-75(69,70)72-60-59-66(3,4)5)74-65(68)58-56-54-52-50-48-46-44-42-39-25-23-21-19-17-15-13-11-9-7-2/h15,17,21,23,39,42,63H,6-14,16,18-20,22,24-38,40-41,43-62H2,1-5H3/p+1/b17-15-,23-21-,42-39-. The Morgan fingerprint density at radius 2 is 0.720 bits per heavy atom. The van der Waals surface area contributed by atoms with Gasteiger partial charge in [-0.3, -0.25) is 18.6 Å². The zero-order valence-corrected chi connectivity index (χ0v) is 51.2. The molecule has 0 saturated carbocycles. The molecule has 0 heterocycles. The molecule has 2 atom stereocenters. The molecule has 0 bridgehead atoms. The Hall–Kier alpha value is -1.77. The van der Waals surface area contributed by atoms with Crippen molar-refractivity contribution in [2.75, 3.05) is 47.5 Å². The molecule has 0 aliphatic rings. The second kappa shape index (κ2) is 56.9. The first-order valence-corrected chi connectivity index (χ1v) is 33.7. The monoisotopic (exact) mass is 1080 g/mol. The number of unbranched alkanes of at least 4 members (excludes halogenated alkanes) is 40. The van der Waals surface area contributed by atoms with Crippen LogP contribution in [0.4, 0.5) is 0 Å². The minimum atomic E-state index is -4.39. The second-order valence-corrected chi connectivity index (χ2v) is 24.6. The largest absolute Gasteiger partial charge is 0.472 e. The number of esters is 2. The summed E-state index contributed by atoms with van der Waals surface area (Å²) in [6, 6.07) is 0. The summed E-state index contributed by atoms with van der Waals surface area (Å²) >= 11 is 0. The number of carbonyl (C=O) groups is 2. The molecule has 0 saturated heterocycles. The predicted octanol–water partition coefficient (Wildman–Crippen LogP) is 20.3. The number of allylic oxidation sites excluding steroid dienone is 6. The SMILES string of the molecule is CCCCC/C=C\C/C=C\C/C=C\CCCCCCCCC(=O)OC(COC(=O)CCCCCCCCCCCCCCCCCCCCCCCCCCCCCCCCCC)COP(=O)(O)OCC[N+](C)(C)C. The van der Waals surface area contributed by atoms with Crippen LogP contribution in [0.15, 0.2) is 36.5 Å². The van der Waals surface area contributed by atoms with Crippen LogP contribution in [0.1, 0.15) is 316 Å². The Balaban J connectivity index is 4.00. The van der Waals surface area contributed by atoms with E-state index in [9.17, 15) is 19.0 Å². The number of ether oxygens (including phenoxy) is 2. The minimum absolute atomic E-state index is 0.0301. The van der Waals surface area contributed by atoms with Crippen molar-refractivity contribution in [1.29, 1.82) is 0 Å².